The van der Waals surface area contributed by atoms with Gasteiger partial charge in [-0.2, -0.15) is 11.8 Å². The second-order valence-corrected chi connectivity index (χ2v) is 2.26. The zero-order chi connectivity index (χ0) is 4.99. The van der Waals surface area contributed by atoms with Gasteiger partial charge in [0.15, 0.2) is 0 Å². The normalized spacial score (nSPS) is 8.17. The molecule has 2 heteroatoms. The van der Waals surface area contributed by atoms with Gasteiger partial charge in [0.05, 0.1) is 0 Å². The van der Waals surface area contributed by atoms with Crippen LogP contribution in [0, 0.1) is 0 Å². The summed E-state index contributed by atoms with van der Waals surface area (Å²) in [6.07, 6.45) is 2.08. The van der Waals surface area contributed by atoms with Gasteiger partial charge in [0.25, 0.3) is 0 Å². The summed E-state index contributed by atoms with van der Waals surface area (Å²) in [6, 6.07) is 0. The summed E-state index contributed by atoms with van der Waals surface area (Å²) in [4.78, 5) is 0. The zero-order valence-electron chi connectivity index (χ0n) is 4.32. The van der Waals surface area contributed by atoms with Crippen LogP contribution in [-0.2, 0) is 0 Å². The van der Waals surface area contributed by atoms with E-state index >= 15 is 0 Å². The third-order valence-corrected chi connectivity index (χ3v) is 1.17. The average Bonchev–Trinajstić information content (AvgIpc) is 1.35. The molecule has 0 unspecified atom stereocenters. The quantitative estimate of drug-likeness (QED) is 0.455. The van der Waals surface area contributed by atoms with Crippen LogP contribution in [0.5, 0.6) is 0 Å². The van der Waals surface area contributed by atoms with Gasteiger partial charge in [-0.05, 0) is 6.26 Å². The van der Waals surface area contributed by atoms with Crippen LogP contribution in [0.4, 0.5) is 0 Å². The second-order valence-electron chi connectivity index (χ2n) is 1.39. The summed E-state index contributed by atoms with van der Waals surface area (Å²) in [5, 5.41) is 0. The molecule has 6 heavy (non-hydrogen) atoms. The molecule has 0 aliphatic rings. The lowest BCUT2D eigenvalue weighted by atomic mass is 10.0. The van der Waals surface area contributed by atoms with Gasteiger partial charge in [0.2, 0.25) is 0 Å². The van der Waals surface area contributed by atoms with Gasteiger partial charge in [0.1, 0.15) is 7.85 Å². The molecule has 0 aromatic carbocycles. The molecule has 0 aliphatic carbocycles. The summed E-state index contributed by atoms with van der Waals surface area (Å²) < 4.78 is 0. The van der Waals surface area contributed by atoms with Gasteiger partial charge in [-0.1, -0.05) is 0 Å². The Kier molecular flexibility index (Phi) is 3.44. The molecule has 0 saturated carbocycles. The fourth-order valence-corrected chi connectivity index (χ4v) is 0.739. The SMILES string of the molecule is BC(=C)CSC. The minimum atomic E-state index is 1.10. The zero-order valence-corrected chi connectivity index (χ0v) is 5.14. The molecule has 0 aliphatic heterocycles. The maximum atomic E-state index is 3.72. The van der Waals surface area contributed by atoms with Crippen LogP contribution < -0.4 is 0 Å². The molecule has 0 atom stereocenters. The number of hydrogen-bond acceptors (Lipinski definition) is 1. The molecule has 34 valence electrons. The summed E-state index contributed by atoms with van der Waals surface area (Å²) in [5.41, 5.74) is 1.25. The Morgan fingerprint density at radius 3 is 2.50 bits per heavy atom. The van der Waals surface area contributed by atoms with Crippen molar-refractivity contribution in [1.82, 2.24) is 0 Å². The van der Waals surface area contributed by atoms with Crippen molar-refractivity contribution in [3.8, 4) is 0 Å². The Labute approximate surface area is 44.4 Å². The first kappa shape index (κ1) is 6.15. The lowest BCUT2D eigenvalue weighted by Gasteiger charge is -1.87. The molecular formula is C4H9BS. The third-order valence-electron chi connectivity index (χ3n) is 0.391. The van der Waals surface area contributed by atoms with Gasteiger partial charge in [0, 0.05) is 5.75 Å². The van der Waals surface area contributed by atoms with Crippen molar-refractivity contribution in [2.45, 2.75) is 0 Å². The van der Waals surface area contributed by atoms with Crippen LogP contribution in [-0.4, -0.2) is 19.9 Å². The van der Waals surface area contributed by atoms with E-state index in [9.17, 15) is 0 Å². The van der Waals surface area contributed by atoms with Crippen LogP contribution >= 0.6 is 11.8 Å². The van der Waals surface area contributed by atoms with Gasteiger partial charge in [-0.3, -0.25) is 0 Å². The van der Waals surface area contributed by atoms with Crippen molar-refractivity contribution >= 4 is 19.6 Å². The van der Waals surface area contributed by atoms with E-state index in [4.69, 9.17) is 0 Å². The molecule has 0 fully saturated rings. The summed E-state index contributed by atoms with van der Waals surface area (Å²) in [6.45, 7) is 3.72. The molecule has 0 bridgehead atoms. The number of rotatable bonds is 2. The number of hydrogen-bond donors (Lipinski definition) is 0. The van der Waals surface area contributed by atoms with Crippen molar-refractivity contribution in [3.63, 3.8) is 0 Å². The molecular weight excluding hydrogens is 90.9 g/mol. The molecule has 0 aromatic rings. The van der Waals surface area contributed by atoms with Gasteiger partial charge < -0.3 is 0 Å². The van der Waals surface area contributed by atoms with Gasteiger partial charge in [-0.15, -0.1) is 12.1 Å². The van der Waals surface area contributed by atoms with Crippen LogP contribution in [0.1, 0.15) is 0 Å². The highest BCUT2D eigenvalue weighted by Crippen LogP contribution is 1.94. The van der Waals surface area contributed by atoms with E-state index in [-0.39, 0.29) is 0 Å². The predicted octanol–water partition coefficient (Wildman–Crippen LogP) is 0.496. The number of thioether (sulfide) groups is 1. The maximum absolute atomic E-state index is 3.72. The lowest BCUT2D eigenvalue weighted by molar-refractivity contribution is 1.74. The van der Waals surface area contributed by atoms with Crippen molar-refractivity contribution in [2.75, 3.05) is 12.0 Å². The molecule has 0 heterocycles. The van der Waals surface area contributed by atoms with Crippen molar-refractivity contribution in [3.05, 3.63) is 12.1 Å². The van der Waals surface area contributed by atoms with E-state index in [1.165, 1.54) is 5.47 Å². The second kappa shape index (κ2) is 3.35. The van der Waals surface area contributed by atoms with E-state index < -0.39 is 0 Å². The molecule has 0 N–H and O–H groups in total. The minimum absolute atomic E-state index is 1.10. The standard InChI is InChI=1S/C4H9BS/c1-4(5)3-6-2/h1,3,5H2,2H3. The van der Waals surface area contributed by atoms with Crippen LogP contribution in [0.2, 0.25) is 0 Å². The first-order valence-corrected chi connectivity index (χ1v) is 3.30. The topological polar surface area (TPSA) is 0 Å². The van der Waals surface area contributed by atoms with Crippen LogP contribution in [0.3, 0.4) is 0 Å². The van der Waals surface area contributed by atoms with Gasteiger partial charge in [-0.25, -0.2) is 0 Å². The van der Waals surface area contributed by atoms with Crippen molar-refractivity contribution < 1.29 is 0 Å². The maximum Gasteiger partial charge on any atom is 0.134 e. The Bertz CT molecular complexity index is 51.5. The minimum Gasteiger partial charge on any atom is -0.162 e. The third kappa shape index (κ3) is 4.15. The molecule has 0 saturated heterocycles. The molecule has 0 aromatic heterocycles. The summed E-state index contributed by atoms with van der Waals surface area (Å²) >= 11 is 1.81. The first-order chi connectivity index (χ1) is 2.77. The molecule has 0 spiro atoms. The molecule has 0 amide bonds. The monoisotopic (exact) mass is 100 g/mol. The Morgan fingerprint density at radius 1 is 2.00 bits per heavy atom. The fourth-order valence-electron chi connectivity index (χ4n) is 0.246. The lowest BCUT2D eigenvalue weighted by Crippen LogP contribution is -1.79. The van der Waals surface area contributed by atoms with Crippen LogP contribution in [0.25, 0.3) is 0 Å². The average molecular weight is 100.0 g/mol. The van der Waals surface area contributed by atoms with Crippen LogP contribution in [0.15, 0.2) is 12.1 Å². The Hall–Kier alpha value is 0.155. The fraction of sp³-hybridized carbons (Fsp3) is 0.500. The highest BCUT2D eigenvalue weighted by Gasteiger charge is 1.76. The smallest absolute Gasteiger partial charge is 0.134 e. The van der Waals surface area contributed by atoms with Crippen molar-refractivity contribution in [2.24, 2.45) is 0 Å². The summed E-state index contributed by atoms with van der Waals surface area (Å²) in [5.74, 6) is 1.10. The van der Waals surface area contributed by atoms with E-state index in [0.717, 1.165) is 5.75 Å². The van der Waals surface area contributed by atoms with E-state index in [1.54, 1.807) is 0 Å². The highest BCUT2D eigenvalue weighted by molar-refractivity contribution is 7.98. The molecule has 0 radical (unpaired) electrons. The first-order valence-electron chi connectivity index (χ1n) is 1.90. The van der Waals surface area contributed by atoms with Gasteiger partial charge >= 0.3 is 0 Å². The Morgan fingerprint density at radius 2 is 2.50 bits per heavy atom. The van der Waals surface area contributed by atoms with E-state index in [1.807, 2.05) is 19.6 Å². The Balaban J connectivity index is 2.83. The largest absolute Gasteiger partial charge is 0.162 e. The predicted molar refractivity (Wildman–Crippen MR) is 36.1 cm³/mol. The van der Waals surface area contributed by atoms with E-state index in [0.29, 0.717) is 0 Å². The summed E-state index contributed by atoms with van der Waals surface area (Å²) in [7, 11) is 2.04. The van der Waals surface area contributed by atoms with E-state index in [2.05, 4.69) is 12.8 Å². The highest BCUT2D eigenvalue weighted by atomic mass is 32.2. The molecule has 0 nitrogen and oxygen atoms in total. The van der Waals surface area contributed by atoms with Crippen molar-refractivity contribution in [1.29, 1.82) is 0 Å². The molecule has 0 rings (SSSR count).